The van der Waals surface area contributed by atoms with E-state index in [-0.39, 0.29) is 24.1 Å². The predicted octanol–water partition coefficient (Wildman–Crippen LogP) is 2.87. The Balaban J connectivity index is 1.57. The normalized spacial score (nSPS) is 35.0. The van der Waals surface area contributed by atoms with Crippen LogP contribution in [0.5, 0.6) is 0 Å². The molecular formula is C19H32N2O4. The maximum atomic E-state index is 12.7. The van der Waals surface area contributed by atoms with Gasteiger partial charge in [0.1, 0.15) is 0 Å². The number of aliphatic carboxylic acids is 1. The van der Waals surface area contributed by atoms with Gasteiger partial charge < -0.3 is 20.1 Å². The second-order valence-electron chi connectivity index (χ2n) is 8.09. The smallest absolute Gasteiger partial charge is 0.317 e. The molecule has 2 unspecified atom stereocenters. The standard InChI is InChI=1S/C19H32N2O4/c1-3-13(4-2)16-10-15(7-9-25-16)20-18(24)21-11-14-6-5-8-19(14,12-21)17(22)23/h13-16H,3-12H2,1-2H3,(H,20,24)(H,22,23)/t14-,15?,16?,19+/m0/s1. The molecule has 3 aliphatic rings. The number of rotatable bonds is 5. The van der Waals surface area contributed by atoms with Crippen molar-refractivity contribution in [3.63, 3.8) is 0 Å². The average Bonchev–Trinajstić information content (AvgIpc) is 3.14. The number of nitrogens with zero attached hydrogens (tertiary/aromatic N) is 1. The Morgan fingerprint density at radius 1 is 1.32 bits per heavy atom. The summed E-state index contributed by atoms with van der Waals surface area (Å²) in [6, 6.07) is 0.0401. The van der Waals surface area contributed by atoms with Gasteiger partial charge in [0.15, 0.2) is 0 Å². The Hall–Kier alpha value is -1.30. The molecule has 0 spiro atoms. The number of carboxylic acid groups (broad SMARTS) is 1. The summed E-state index contributed by atoms with van der Waals surface area (Å²) < 4.78 is 5.92. The Labute approximate surface area is 150 Å². The highest BCUT2D eigenvalue weighted by Gasteiger charge is 2.55. The predicted molar refractivity (Wildman–Crippen MR) is 94.3 cm³/mol. The SMILES string of the molecule is CCC(CC)C1CC(NC(=O)N2C[C@@H]3CCC[C@@]3(C(=O)O)C2)CCO1. The zero-order valence-electron chi connectivity index (χ0n) is 15.5. The first kappa shape index (κ1) is 18.5. The van der Waals surface area contributed by atoms with Gasteiger partial charge in [-0.05, 0) is 37.5 Å². The number of hydrogen-bond acceptors (Lipinski definition) is 3. The molecule has 0 bridgehead atoms. The number of hydrogen-bond donors (Lipinski definition) is 2. The van der Waals surface area contributed by atoms with Gasteiger partial charge >= 0.3 is 12.0 Å². The van der Waals surface area contributed by atoms with Crippen LogP contribution in [-0.4, -0.2) is 53.8 Å². The van der Waals surface area contributed by atoms with Crippen LogP contribution in [0.4, 0.5) is 4.79 Å². The quantitative estimate of drug-likeness (QED) is 0.797. The van der Waals surface area contributed by atoms with Crippen molar-refractivity contribution >= 4 is 12.0 Å². The maximum absolute atomic E-state index is 12.7. The Kier molecular flexibility index (Phi) is 5.56. The molecule has 0 aromatic rings. The highest BCUT2D eigenvalue weighted by molar-refractivity contribution is 5.80. The minimum absolute atomic E-state index is 0.0924. The van der Waals surface area contributed by atoms with Crippen LogP contribution in [0.3, 0.4) is 0 Å². The van der Waals surface area contributed by atoms with Gasteiger partial charge in [-0.15, -0.1) is 0 Å². The molecule has 25 heavy (non-hydrogen) atoms. The molecule has 3 fully saturated rings. The number of urea groups is 1. The van der Waals surface area contributed by atoms with E-state index < -0.39 is 11.4 Å². The van der Waals surface area contributed by atoms with E-state index in [1.54, 1.807) is 4.90 Å². The van der Waals surface area contributed by atoms with E-state index in [2.05, 4.69) is 19.2 Å². The third-order valence-electron chi connectivity index (χ3n) is 6.80. The molecule has 0 aromatic heterocycles. The van der Waals surface area contributed by atoms with Crippen molar-refractivity contribution in [2.45, 2.75) is 70.9 Å². The fraction of sp³-hybridized carbons (Fsp3) is 0.895. The monoisotopic (exact) mass is 352 g/mol. The molecule has 2 aliphatic heterocycles. The minimum Gasteiger partial charge on any atom is -0.481 e. The summed E-state index contributed by atoms with van der Waals surface area (Å²) in [7, 11) is 0. The first-order valence-electron chi connectivity index (χ1n) is 9.90. The van der Waals surface area contributed by atoms with Gasteiger partial charge in [0.05, 0.1) is 11.5 Å². The van der Waals surface area contributed by atoms with E-state index in [1.807, 2.05) is 0 Å². The largest absolute Gasteiger partial charge is 0.481 e. The Bertz CT molecular complexity index is 508. The van der Waals surface area contributed by atoms with Crippen molar-refractivity contribution in [3.05, 3.63) is 0 Å². The number of carbonyl (C=O) groups is 2. The van der Waals surface area contributed by atoms with Crippen LogP contribution in [0.1, 0.15) is 58.8 Å². The molecule has 0 aromatic carbocycles. The number of likely N-dealkylation sites (tertiary alicyclic amines) is 1. The zero-order valence-corrected chi connectivity index (χ0v) is 15.5. The molecule has 2 heterocycles. The molecule has 6 heteroatoms. The maximum Gasteiger partial charge on any atom is 0.317 e. The molecule has 4 atom stereocenters. The van der Waals surface area contributed by atoms with E-state index in [0.29, 0.717) is 32.0 Å². The van der Waals surface area contributed by atoms with Gasteiger partial charge in [-0.2, -0.15) is 0 Å². The second kappa shape index (κ2) is 7.52. The highest BCUT2D eigenvalue weighted by Crippen LogP contribution is 2.48. The number of carbonyl (C=O) groups excluding carboxylic acids is 1. The first-order chi connectivity index (χ1) is 12.0. The van der Waals surface area contributed by atoms with Crippen LogP contribution in [0.25, 0.3) is 0 Å². The van der Waals surface area contributed by atoms with Crippen molar-refractivity contribution < 1.29 is 19.4 Å². The lowest BCUT2D eigenvalue weighted by Crippen LogP contribution is -2.49. The van der Waals surface area contributed by atoms with Crippen molar-refractivity contribution in [1.82, 2.24) is 10.2 Å². The topological polar surface area (TPSA) is 78.9 Å². The van der Waals surface area contributed by atoms with Crippen molar-refractivity contribution in [2.75, 3.05) is 19.7 Å². The molecule has 3 rings (SSSR count). The number of amides is 2. The third-order valence-corrected chi connectivity index (χ3v) is 6.80. The summed E-state index contributed by atoms with van der Waals surface area (Å²) in [5.41, 5.74) is -0.703. The summed E-state index contributed by atoms with van der Waals surface area (Å²) in [5.74, 6) is -0.0750. The van der Waals surface area contributed by atoms with Crippen molar-refractivity contribution in [1.29, 1.82) is 0 Å². The fourth-order valence-electron chi connectivity index (χ4n) is 5.16. The molecule has 1 saturated carbocycles. The lowest BCUT2D eigenvalue weighted by molar-refractivity contribution is -0.149. The zero-order chi connectivity index (χ0) is 18.0. The average molecular weight is 352 g/mol. The Morgan fingerprint density at radius 2 is 2.08 bits per heavy atom. The Morgan fingerprint density at radius 3 is 2.72 bits per heavy atom. The molecule has 1 aliphatic carbocycles. The molecule has 2 N–H and O–H groups in total. The second-order valence-corrected chi connectivity index (χ2v) is 8.09. The number of nitrogens with one attached hydrogen (secondary N) is 1. The van der Waals surface area contributed by atoms with Crippen LogP contribution in [-0.2, 0) is 9.53 Å². The molecule has 2 saturated heterocycles. The molecule has 0 radical (unpaired) electrons. The summed E-state index contributed by atoms with van der Waals surface area (Å²) >= 11 is 0. The fourth-order valence-corrected chi connectivity index (χ4v) is 5.16. The summed E-state index contributed by atoms with van der Waals surface area (Å²) in [6.45, 7) is 6.01. The van der Waals surface area contributed by atoms with E-state index in [4.69, 9.17) is 4.74 Å². The lowest BCUT2D eigenvalue weighted by atomic mass is 9.81. The number of carboxylic acids is 1. The van der Waals surface area contributed by atoms with E-state index in [0.717, 1.165) is 38.5 Å². The molecule has 2 amide bonds. The highest BCUT2D eigenvalue weighted by atomic mass is 16.5. The third kappa shape index (κ3) is 3.50. The van der Waals surface area contributed by atoms with Crippen molar-refractivity contribution in [2.24, 2.45) is 17.3 Å². The number of fused-ring (bicyclic) bond motifs is 1. The van der Waals surface area contributed by atoms with Gasteiger partial charge in [0, 0.05) is 25.7 Å². The number of ether oxygens (including phenoxy) is 1. The van der Waals surface area contributed by atoms with Crippen LogP contribution < -0.4 is 5.32 Å². The van der Waals surface area contributed by atoms with Gasteiger partial charge in [-0.3, -0.25) is 4.79 Å². The van der Waals surface area contributed by atoms with Crippen LogP contribution in [0.2, 0.25) is 0 Å². The van der Waals surface area contributed by atoms with E-state index >= 15 is 0 Å². The van der Waals surface area contributed by atoms with Gasteiger partial charge in [-0.25, -0.2) is 4.79 Å². The molecular weight excluding hydrogens is 320 g/mol. The summed E-state index contributed by atoms with van der Waals surface area (Å²) in [4.78, 5) is 26.2. The summed E-state index contributed by atoms with van der Waals surface area (Å²) in [6.07, 6.45) is 6.69. The van der Waals surface area contributed by atoms with E-state index in [9.17, 15) is 14.7 Å². The lowest BCUT2D eigenvalue weighted by Gasteiger charge is -2.35. The van der Waals surface area contributed by atoms with Gasteiger partial charge in [0.2, 0.25) is 0 Å². The molecule has 6 nitrogen and oxygen atoms in total. The van der Waals surface area contributed by atoms with Crippen molar-refractivity contribution in [3.8, 4) is 0 Å². The van der Waals surface area contributed by atoms with Crippen LogP contribution in [0, 0.1) is 17.3 Å². The first-order valence-corrected chi connectivity index (χ1v) is 9.90. The molecule has 142 valence electrons. The summed E-state index contributed by atoms with van der Waals surface area (Å²) in [5, 5.41) is 12.8. The van der Waals surface area contributed by atoms with Crippen LogP contribution in [0.15, 0.2) is 0 Å². The van der Waals surface area contributed by atoms with Gasteiger partial charge in [-0.1, -0.05) is 33.1 Å². The van der Waals surface area contributed by atoms with Gasteiger partial charge in [0.25, 0.3) is 0 Å². The van der Waals surface area contributed by atoms with Crippen LogP contribution >= 0.6 is 0 Å². The minimum atomic E-state index is -0.731. The van der Waals surface area contributed by atoms with E-state index in [1.165, 1.54) is 0 Å².